The van der Waals surface area contributed by atoms with Crippen LogP contribution in [0.4, 0.5) is 11.6 Å². The van der Waals surface area contributed by atoms with Crippen molar-refractivity contribution in [3.8, 4) is 11.3 Å². The third-order valence-corrected chi connectivity index (χ3v) is 4.19. The molecule has 0 radical (unpaired) electrons. The highest BCUT2D eigenvalue weighted by Crippen LogP contribution is 2.24. The van der Waals surface area contributed by atoms with E-state index in [9.17, 15) is 4.79 Å². The van der Waals surface area contributed by atoms with E-state index in [1.807, 2.05) is 12.1 Å². The van der Waals surface area contributed by atoms with Crippen LogP contribution in [0, 0.1) is 5.92 Å². The average Bonchev–Trinajstić information content (AvgIpc) is 2.89. The van der Waals surface area contributed by atoms with Crippen molar-refractivity contribution in [1.29, 1.82) is 0 Å². The zero-order valence-electron chi connectivity index (χ0n) is 12.5. The van der Waals surface area contributed by atoms with Gasteiger partial charge in [-0.2, -0.15) is 5.10 Å². The van der Waals surface area contributed by atoms with Gasteiger partial charge in [0.2, 0.25) is 5.91 Å². The van der Waals surface area contributed by atoms with Crippen molar-refractivity contribution in [2.75, 3.05) is 24.1 Å². The summed E-state index contributed by atoms with van der Waals surface area (Å²) in [5, 5.41) is 10.7. The SMILES string of the molecule is Nc1ncc(-c2ccc3nc(NC(=O)C4CNC4)cn3n2)cc1Cl. The molecule has 122 valence electrons. The predicted molar refractivity (Wildman–Crippen MR) is 90.6 cm³/mol. The summed E-state index contributed by atoms with van der Waals surface area (Å²) in [6.45, 7) is 1.40. The molecule has 0 bridgehead atoms. The summed E-state index contributed by atoms with van der Waals surface area (Å²) >= 11 is 6.01. The molecule has 0 spiro atoms. The van der Waals surface area contributed by atoms with E-state index in [0.29, 0.717) is 35.3 Å². The highest BCUT2D eigenvalue weighted by molar-refractivity contribution is 6.33. The molecular formula is C15H14ClN7O. The molecule has 0 aromatic carbocycles. The molecule has 4 rings (SSSR count). The summed E-state index contributed by atoms with van der Waals surface area (Å²) < 4.78 is 1.61. The number of hydrogen-bond acceptors (Lipinski definition) is 6. The van der Waals surface area contributed by atoms with Gasteiger partial charge < -0.3 is 16.4 Å². The molecule has 1 fully saturated rings. The summed E-state index contributed by atoms with van der Waals surface area (Å²) in [5.41, 5.74) is 7.68. The van der Waals surface area contributed by atoms with Crippen molar-refractivity contribution in [2.24, 2.45) is 5.92 Å². The van der Waals surface area contributed by atoms with Gasteiger partial charge in [-0.25, -0.2) is 14.5 Å². The van der Waals surface area contributed by atoms with Crippen LogP contribution in [0.15, 0.2) is 30.6 Å². The van der Waals surface area contributed by atoms with Crippen molar-refractivity contribution < 1.29 is 4.79 Å². The Morgan fingerprint density at radius 1 is 1.42 bits per heavy atom. The molecule has 9 heteroatoms. The number of anilines is 2. The first kappa shape index (κ1) is 14.9. The smallest absolute Gasteiger partial charge is 0.231 e. The van der Waals surface area contributed by atoms with E-state index < -0.39 is 0 Å². The Morgan fingerprint density at radius 2 is 2.25 bits per heavy atom. The van der Waals surface area contributed by atoms with Crippen molar-refractivity contribution in [1.82, 2.24) is 24.9 Å². The van der Waals surface area contributed by atoms with E-state index in [0.717, 1.165) is 5.56 Å². The molecule has 0 atom stereocenters. The van der Waals surface area contributed by atoms with Gasteiger partial charge in [-0.05, 0) is 18.2 Å². The molecule has 8 nitrogen and oxygen atoms in total. The number of rotatable bonds is 3. The highest BCUT2D eigenvalue weighted by atomic mass is 35.5. The summed E-state index contributed by atoms with van der Waals surface area (Å²) in [7, 11) is 0. The molecule has 0 unspecified atom stereocenters. The zero-order valence-corrected chi connectivity index (χ0v) is 13.3. The maximum atomic E-state index is 12.0. The van der Waals surface area contributed by atoms with E-state index >= 15 is 0 Å². The maximum absolute atomic E-state index is 12.0. The van der Waals surface area contributed by atoms with Crippen LogP contribution in [-0.4, -0.2) is 38.6 Å². The Hall–Kier alpha value is -2.71. The lowest BCUT2D eigenvalue weighted by Crippen LogP contribution is -2.48. The molecule has 1 aliphatic heterocycles. The first-order valence-corrected chi connectivity index (χ1v) is 7.77. The number of imidazole rings is 1. The van der Waals surface area contributed by atoms with Gasteiger partial charge in [0.15, 0.2) is 11.5 Å². The molecule has 1 aliphatic rings. The van der Waals surface area contributed by atoms with Gasteiger partial charge in [0.25, 0.3) is 0 Å². The fourth-order valence-corrected chi connectivity index (χ4v) is 2.55. The third kappa shape index (κ3) is 2.66. The van der Waals surface area contributed by atoms with Gasteiger partial charge in [-0.15, -0.1) is 0 Å². The average molecular weight is 344 g/mol. The number of carbonyl (C=O) groups is 1. The number of fused-ring (bicyclic) bond motifs is 1. The minimum absolute atomic E-state index is 0.00123. The number of carbonyl (C=O) groups excluding carboxylic acids is 1. The van der Waals surface area contributed by atoms with Crippen LogP contribution in [0.1, 0.15) is 0 Å². The lowest BCUT2D eigenvalue weighted by Gasteiger charge is -2.25. The van der Waals surface area contributed by atoms with E-state index in [1.165, 1.54) is 0 Å². The Labute approximate surface area is 142 Å². The fraction of sp³-hybridized carbons (Fsp3) is 0.200. The first-order valence-electron chi connectivity index (χ1n) is 7.39. The normalized spacial score (nSPS) is 14.5. The summed E-state index contributed by atoms with van der Waals surface area (Å²) in [6, 6.07) is 5.34. The fourth-order valence-electron chi connectivity index (χ4n) is 2.39. The van der Waals surface area contributed by atoms with Crippen LogP contribution >= 0.6 is 11.6 Å². The number of amides is 1. The van der Waals surface area contributed by atoms with Crippen LogP contribution in [-0.2, 0) is 4.79 Å². The van der Waals surface area contributed by atoms with Gasteiger partial charge in [-0.1, -0.05) is 11.6 Å². The molecule has 4 N–H and O–H groups in total. The summed E-state index contributed by atoms with van der Waals surface area (Å²) in [4.78, 5) is 20.4. The summed E-state index contributed by atoms with van der Waals surface area (Å²) in [5.74, 6) is 0.720. The van der Waals surface area contributed by atoms with Crippen molar-refractivity contribution in [2.45, 2.75) is 0 Å². The van der Waals surface area contributed by atoms with Crippen LogP contribution in [0.2, 0.25) is 5.02 Å². The Balaban J connectivity index is 1.62. The molecule has 3 aromatic heterocycles. The molecule has 24 heavy (non-hydrogen) atoms. The molecule has 1 saturated heterocycles. The second-order valence-electron chi connectivity index (χ2n) is 5.58. The first-order chi connectivity index (χ1) is 11.6. The second-order valence-corrected chi connectivity index (χ2v) is 5.99. The molecular weight excluding hydrogens is 330 g/mol. The number of nitrogens with one attached hydrogen (secondary N) is 2. The van der Waals surface area contributed by atoms with Crippen LogP contribution in [0.5, 0.6) is 0 Å². The Bertz CT molecular complexity index is 935. The van der Waals surface area contributed by atoms with Crippen LogP contribution in [0.3, 0.4) is 0 Å². The molecule has 0 saturated carbocycles. The summed E-state index contributed by atoms with van der Waals surface area (Å²) in [6.07, 6.45) is 3.29. The van der Waals surface area contributed by atoms with Gasteiger partial charge in [0.1, 0.15) is 5.82 Å². The monoisotopic (exact) mass is 343 g/mol. The van der Waals surface area contributed by atoms with E-state index in [-0.39, 0.29) is 17.6 Å². The van der Waals surface area contributed by atoms with Crippen molar-refractivity contribution >= 4 is 34.8 Å². The third-order valence-electron chi connectivity index (χ3n) is 3.89. The molecule has 3 aromatic rings. The number of hydrogen-bond donors (Lipinski definition) is 3. The maximum Gasteiger partial charge on any atom is 0.231 e. The van der Waals surface area contributed by atoms with Crippen molar-refractivity contribution in [3.05, 3.63) is 35.6 Å². The van der Waals surface area contributed by atoms with Gasteiger partial charge in [-0.3, -0.25) is 4.79 Å². The van der Waals surface area contributed by atoms with Gasteiger partial charge in [0, 0.05) is 24.8 Å². The van der Waals surface area contributed by atoms with Gasteiger partial charge in [0.05, 0.1) is 22.8 Å². The van der Waals surface area contributed by atoms with Crippen LogP contribution < -0.4 is 16.4 Å². The number of nitrogens with two attached hydrogens (primary N) is 1. The highest BCUT2D eigenvalue weighted by Gasteiger charge is 2.25. The molecule has 4 heterocycles. The minimum atomic E-state index is -0.0353. The van der Waals surface area contributed by atoms with Crippen molar-refractivity contribution in [3.63, 3.8) is 0 Å². The van der Waals surface area contributed by atoms with E-state index in [2.05, 4.69) is 25.7 Å². The quantitative estimate of drug-likeness (QED) is 0.658. The number of pyridine rings is 1. The zero-order chi connectivity index (χ0) is 16.7. The topological polar surface area (TPSA) is 110 Å². The minimum Gasteiger partial charge on any atom is -0.382 e. The Morgan fingerprint density at radius 3 is 2.96 bits per heavy atom. The second kappa shape index (κ2) is 5.73. The number of halogens is 1. The van der Waals surface area contributed by atoms with E-state index in [4.69, 9.17) is 17.3 Å². The number of nitrogen functional groups attached to an aromatic ring is 1. The number of nitrogens with zero attached hydrogens (tertiary/aromatic N) is 4. The largest absolute Gasteiger partial charge is 0.382 e. The lowest BCUT2D eigenvalue weighted by molar-refractivity contribution is -0.121. The number of aromatic nitrogens is 4. The standard InChI is InChI=1S/C15H14ClN7O/c16-10-3-8(6-19-14(10)17)11-1-2-13-20-12(7-23(13)22-11)21-15(24)9-4-18-5-9/h1-3,6-7,9,18H,4-5H2,(H2,17,19)(H,21,24). The Kier molecular flexibility index (Phi) is 3.55. The predicted octanol–water partition coefficient (Wildman–Crippen LogP) is 1.18. The van der Waals surface area contributed by atoms with Gasteiger partial charge >= 0.3 is 0 Å². The van der Waals surface area contributed by atoms with Crippen LogP contribution in [0.25, 0.3) is 16.9 Å². The lowest BCUT2D eigenvalue weighted by atomic mass is 10.0. The molecule has 1 amide bonds. The molecule has 0 aliphatic carbocycles. The van der Waals surface area contributed by atoms with E-state index in [1.54, 1.807) is 23.0 Å².